The average molecular weight is 290 g/mol. The van der Waals surface area contributed by atoms with Gasteiger partial charge in [-0.15, -0.1) is 0 Å². The fourth-order valence-electron chi connectivity index (χ4n) is 2.80. The zero-order valence-electron chi connectivity index (χ0n) is 13.3. The molecule has 1 amide bonds. The first-order valence-corrected chi connectivity index (χ1v) is 7.75. The molecule has 1 atom stereocenters. The summed E-state index contributed by atoms with van der Waals surface area (Å²) in [5, 5.41) is 3.38. The van der Waals surface area contributed by atoms with Gasteiger partial charge < -0.3 is 15.0 Å². The van der Waals surface area contributed by atoms with E-state index in [1.54, 1.807) is 19.0 Å². The van der Waals surface area contributed by atoms with Gasteiger partial charge in [0.2, 0.25) is 5.91 Å². The van der Waals surface area contributed by atoms with Crippen LogP contribution in [0.1, 0.15) is 42.9 Å². The van der Waals surface area contributed by atoms with Gasteiger partial charge in [0.1, 0.15) is 5.75 Å². The number of carbonyl (C=O) groups excluding carboxylic acids is 1. The van der Waals surface area contributed by atoms with Crippen molar-refractivity contribution in [2.45, 2.75) is 38.1 Å². The maximum Gasteiger partial charge on any atom is 0.222 e. The van der Waals surface area contributed by atoms with Gasteiger partial charge in [0.25, 0.3) is 0 Å². The Hall–Kier alpha value is -1.55. The highest BCUT2D eigenvalue weighted by Gasteiger charge is 2.19. The third-order valence-electron chi connectivity index (χ3n) is 4.08. The van der Waals surface area contributed by atoms with Crippen molar-refractivity contribution in [1.82, 2.24) is 10.2 Å². The van der Waals surface area contributed by atoms with E-state index in [9.17, 15) is 4.79 Å². The van der Waals surface area contributed by atoms with Gasteiger partial charge in [-0.1, -0.05) is 6.07 Å². The molecule has 0 bridgehead atoms. The molecular formula is C17H26N2O2. The quantitative estimate of drug-likeness (QED) is 0.819. The molecule has 4 nitrogen and oxygen atoms in total. The topological polar surface area (TPSA) is 41.6 Å². The maximum atomic E-state index is 11.5. The van der Waals surface area contributed by atoms with Gasteiger partial charge in [-0.25, -0.2) is 0 Å². The zero-order chi connectivity index (χ0) is 15.2. The molecule has 0 saturated carbocycles. The van der Waals surface area contributed by atoms with Crippen molar-refractivity contribution in [2.24, 2.45) is 0 Å². The monoisotopic (exact) mass is 290 g/mol. The molecule has 2 rings (SSSR count). The summed E-state index contributed by atoms with van der Waals surface area (Å²) >= 11 is 0. The predicted molar refractivity (Wildman–Crippen MR) is 84.6 cm³/mol. The Morgan fingerprint density at radius 2 is 2.24 bits per heavy atom. The molecule has 1 unspecified atom stereocenters. The van der Waals surface area contributed by atoms with Crippen molar-refractivity contribution in [3.05, 3.63) is 29.3 Å². The lowest BCUT2D eigenvalue weighted by Gasteiger charge is -2.25. The Labute approximate surface area is 127 Å². The molecule has 21 heavy (non-hydrogen) atoms. The molecular weight excluding hydrogens is 264 g/mol. The first-order valence-electron chi connectivity index (χ1n) is 7.75. The van der Waals surface area contributed by atoms with E-state index in [-0.39, 0.29) is 5.91 Å². The number of hydrogen-bond donors (Lipinski definition) is 1. The van der Waals surface area contributed by atoms with Crippen LogP contribution < -0.4 is 10.1 Å². The minimum atomic E-state index is 0.152. The Balaban J connectivity index is 1.88. The van der Waals surface area contributed by atoms with Crippen molar-refractivity contribution in [1.29, 1.82) is 0 Å². The van der Waals surface area contributed by atoms with E-state index in [0.717, 1.165) is 18.6 Å². The van der Waals surface area contributed by atoms with Gasteiger partial charge >= 0.3 is 0 Å². The second kappa shape index (κ2) is 7.46. The molecule has 1 aromatic rings. The number of ether oxygens (including phenoxy) is 1. The van der Waals surface area contributed by atoms with Gasteiger partial charge in [-0.2, -0.15) is 0 Å². The fourth-order valence-corrected chi connectivity index (χ4v) is 2.80. The highest BCUT2D eigenvalue weighted by molar-refractivity contribution is 5.75. The molecule has 0 fully saturated rings. The molecule has 1 N–H and O–H groups in total. The molecule has 1 aliphatic carbocycles. The molecule has 1 aliphatic rings. The van der Waals surface area contributed by atoms with Gasteiger partial charge in [0, 0.05) is 26.6 Å². The van der Waals surface area contributed by atoms with Crippen LogP contribution in [-0.2, 0) is 11.2 Å². The lowest BCUT2D eigenvalue weighted by molar-refractivity contribution is -0.128. The molecule has 0 spiro atoms. The molecule has 0 aromatic heterocycles. The van der Waals surface area contributed by atoms with Crippen LogP contribution in [0.5, 0.6) is 5.75 Å². The second-order valence-corrected chi connectivity index (χ2v) is 5.83. The Bertz CT molecular complexity index is 486. The summed E-state index contributed by atoms with van der Waals surface area (Å²) in [4.78, 5) is 13.1. The number of hydrogen-bond acceptors (Lipinski definition) is 3. The average Bonchev–Trinajstić information content (AvgIpc) is 2.50. The van der Waals surface area contributed by atoms with Crippen molar-refractivity contribution in [3.63, 3.8) is 0 Å². The lowest BCUT2D eigenvalue weighted by atomic mass is 9.87. The van der Waals surface area contributed by atoms with Crippen LogP contribution in [0.4, 0.5) is 0 Å². The molecule has 0 heterocycles. The number of rotatable bonds is 6. The highest BCUT2D eigenvalue weighted by atomic mass is 16.5. The van der Waals surface area contributed by atoms with Gasteiger partial charge in [0.05, 0.1) is 6.61 Å². The highest BCUT2D eigenvalue weighted by Crippen LogP contribution is 2.32. The first kappa shape index (κ1) is 15.8. The van der Waals surface area contributed by atoms with Crippen LogP contribution in [0.3, 0.4) is 0 Å². The number of nitrogens with zero attached hydrogens (tertiary/aromatic N) is 1. The van der Waals surface area contributed by atoms with Crippen LogP contribution in [0, 0.1) is 0 Å². The minimum absolute atomic E-state index is 0.152. The second-order valence-electron chi connectivity index (χ2n) is 5.83. The Kier molecular flexibility index (Phi) is 5.62. The predicted octanol–water partition coefficient (Wildman–Crippen LogP) is 2.53. The van der Waals surface area contributed by atoms with Gasteiger partial charge in [-0.3, -0.25) is 4.79 Å². The summed E-state index contributed by atoms with van der Waals surface area (Å²) in [6.45, 7) is 0.586. The third kappa shape index (κ3) is 4.21. The summed E-state index contributed by atoms with van der Waals surface area (Å²) in [7, 11) is 5.58. The molecule has 0 saturated heterocycles. The largest absolute Gasteiger partial charge is 0.494 e. The maximum absolute atomic E-state index is 11.5. The standard InChI is InChI=1S/C17H26N2O2/c1-18-16-7-4-6-13-9-10-14(12-15(13)16)21-11-5-8-17(20)19(2)3/h9-10,12,16,18H,4-8,11H2,1-3H3. The van der Waals surface area contributed by atoms with Crippen molar-refractivity contribution < 1.29 is 9.53 Å². The number of nitrogens with one attached hydrogen (secondary N) is 1. The van der Waals surface area contributed by atoms with Crippen LogP contribution >= 0.6 is 0 Å². The fraction of sp³-hybridized carbons (Fsp3) is 0.588. The number of amides is 1. The zero-order valence-corrected chi connectivity index (χ0v) is 13.3. The van der Waals surface area contributed by atoms with E-state index in [2.05, 4.69) is 17.4 Å². The van der Waals surface area contributed by atoms with E-state index in [4.69, 9.17) is 4.74 Å². The summed E-state index contributed by atoms with van der Waals surface area (Å²) in [6.07, 6.45) is 4.88. The smallest absolute Gasteiger partial charge is 0.222 e. The molecule has 0 aliphatic heterocycles. The van der Waals surface area contributed by atoms with E-state index in [1.807, 2.05) is 13.1 Å². The normalized spacial score (nSPS) is 17.2. The molecule has 116 valence electrons. The molecule has 1 aromatic carbocycles. The molecule has 0 radical (unpaired) electrons. The van der Waals surface area contributed by atoms with Crippen molar-refractivity contribution in [3.8, 4) is 5.75 Å². The Morgan fingerprint density at radius 1 is 1.43 bits per heavy atom. The molecule has 4 heteroatoms. The lowest BCUT2D eigenvalue weighted by Crippen LogP contribution is -2.22. The van der Waals surface area contributed by atoms with Crippen molar-refractivity contribution >= 4 is 5.91 Å². The van der Waals surface area contributed by atoms with E-state index in [1.165, 1.54) is 24.0 Å². The SMILES string of the molecule is CNC1CCCc2ccc(OCCCC(=O)N(C)C)cc21. The van der Waals surface area contributed by atoms with Crippen LogP contribution in [-0.4, -0.2) is 38.6 Å². The number of fused-ring (bicyclic) bond motifs is 1. The number of carbonyl (C=O) groups is 1. The van der Waals surface area contributed by atoms with E-state index >= 15 is 0 Å². The van der Waals surface area contributed by atoms with E-state index in [0.29, 0.717) is 19.1 Å². The summed E-state index contributed by atoms with van der Waals surface area (Å²) in [5.74, 6) is 1.06. The van der Waals surface area contributed by atoms with Crippen LogP contribution in [0.25, 0.3) is 0 Å². The minimum Gasteiger partial charge on any atom is -0.494 e. The summed E-state index contributed by atoms with van der Waals surface area (Å²) in [6, 6.07) is 6.82. The number of benzene rings is 1. The van der Waals surface area contributed by atoms with Gasteiger partial charge in [-0.05, 0) is 56.0 Å². The first-order chi connectivity index (χ1) is 10.1. The van der Waals surface area contributed by atoms with Crippen LogP contribution in [0.15, 0.2) is 18.2 Å². The van der Waals surface area contributed by atoms with Gasteiger partial charge in [0.15, 0.2) is 0 Å². The third-order valence-corrected chi connectivity index (χ3v) is 4.08. The number of aryl methyl sites for hydroxylation is 1. The van der Waals surface area contributed by atoms with Crippen molar-refractivity contribution in [2.75, 3.05) is 27.7 Å². The Morgan fingerprint density at radius 3 is 2.95 bits per heavy atom. The summed E-state index contributed by atoms with van der Waals surface area (Å²) < 4.78 is 5.80. The van der Waals surface area contributed by atoms with Crippen LogP contribution in [0.2, 0.25) is 0 Å². The van der Waals surface area contributed by atoms with E-state index < -0.39 is 0 Å². The summed E-state index contributed by atoms with van der Waals surface area (Å²) in [5.41, 5.74) is 2.79.